The lowest BCUT2D eigenvalue weighted by Crippen LogP contribution is -2.22. The molecule has 0 atom stereocenters. The van der Waals surface area contributed by atoms with E-state index in [9.17, 15) is 29.4 Å². The lowest BCUT2D eigenvalue weighted by atomic mass is 9.83. The van der Waals surface area contributed by atoms with E-state index in [2.05, 4.69) is 6.92 Å². The maximum atomic E-state index is 12.4. The predicted molar refractivity (Wildman–Crippen MR) is 112 cm³/mol. The van der Waals surface area contributed by atoms with Crippen molar-refractivity contribution in [3.8, 4) is 0 Å². The number of benzene rings is 2. The number of primary amides is 2. The zero-order valence-corrected chi connectivity index (χ0v) is 17.1. The fourth-order valence-corrected chi connectivity index (χ4v) is 3.95. The molecule has 8 heteroatoms. The van der Waals surface area contributed by atoms with Gasteiger partial charge in [0.1, 0.15) is 0 Å². The van der Waals surface area contributed by atoms with Crippen molar-refractivity contribution in [2.45, 2.75) is 52.4 Å². The van der Waals surface area contributed by atoms with Crippen LogP contribution in [0.25, 0.3) is 10.8 Å². The Morgan fingerprint density at radius 3 is 1.70 bits per heavy atom. The van der Waals surface area contributed by atoms with Gasteiger partial charge in [-0.25, -0.2) is 9.59 Å². The second-order valence-electron chi connectivity index (χ2n) is 7.27. The molecular weight excluding hydrogens is 388 g/mol. The third-order valence-corrected chi connectivity index (χ3v) is 5.32. The van der Waals surface area contributed by atoms with Gasteiger partial charge in [0.25, 0.3) is 0 Å². The Bertz CT molecular complexity index is 1040. The molecule has 0 saturated heterocycles. The van der Waals surface area contributed by atoms with Crippen molar-refractivity contribution in [2.24, 2.45) is 11.5 Å². The highest BCUT2D eigenvalue weighted by atomic mass is 16.4. The number of nitrogens with two attached hydrogens (primary N) is 2. The first-order chi connectivity index (χ1) is 14.1. The minimum absolute atomic E-state index is 0.0662. The Labute approximate surface area is 173 Å². The number of carboxylic acid groups (broad SMARTS) is 2. The zero-order valence-electron chi connectivity index (χ0n) is 17.1. The summed E-state index contributed by atoms with van der Waals surface area (Å²) in [6.07, 6.45) is 5.11. The Morgan fingerprint density at radius 2 is 1.27 bits per heavy atom. The van der Waals surface area contributed by atoms with Crippen LogP contribution >= 0.6 is 0 Å². The van der Waals surface area contributed by atoms with Crippen LogP contribution in [0.2, 0.25) is 0 Å². The lowest BCUT2D eigenvalue weighted by Gasteiger charge is -2.20. The molecule has 0 unspecified atom stereocenters. The smallest absolute Gasteiger partial charge is 0.336 e. The SMILES string of the molecule is CCCCCCCc1c(C)c(C(N)=O)c2c(C(=O)O)ccc(C(=O)O)c2c1C(N)=O. The van der Waals surface area contributed by atoms with E-state index in [1.165, 1.54) is 0 Å². The highest BCUT2D eigenvalue weighted by molar-refractivity contribution is 6.24. The van der Waals surface area contributed by atoms with Gasteiger partial charge in [-0.1, -0.05) is 32.6 Å². The van der Waals surface area contributed by atoms with Crippen LogP contribution < -0.4 is 11.5 Å². The first-order valence-corrected chi connectivity index (χ1v) is 9.81. The number of rotatable bonds is 10. The summed E-state index contributed by atoms with van der Waals surface area (Å²) in [4.78, 5) is 48.4. The molecule has 0 fully saturated rings. The number of carboxylic acids is 2. The van der Waals surface area contributed by atoms with Crippen LogP contribution in [0.5, 0.6) is 0 Å². The predicted octanol–water partition coefficient (Wildman–Crippen LogP) is 3.26. The highest BCUT2D eigenvalue weighted by Crippen LogP contribution is 2.36. The van der Waals surface area contributed by atoms with E-state index in [-0.39, 0.29) is 33.0 Å². The summed E-state index contributed by atoms with van der Waals surface area (Å²) in [5, 5.41) is 19.0. The van der Waals surface area contributed by atoms with Gasteiger partial charge >= 0.3 is 11.9 Å². The molecule has 8 nitrogen and oxygen atoms in total. The van der Waals surface area contributed by atoms with E-state index < -0.39 is 23.8 Å². The van der Waals surface area contributed by atoms with Crippen molar-refractivity contribution in [3.63, 3.8) is 0 Å². The summed E-state index contributed by atoms with van der Waals surface area (Å²) in [6, 6.07) is 2.20. The van der Waals surface area contributed by atoms with Crippen molar-refractivity contribution in [2.75, 3.05) is 0 Å². The van der Waals surface area contributed by atoms with Gasteiger partial charge in [-0.3, -0.25) is 9.59 Å². The van der Waals surface area contributed by atoms with E-state index in [1.54, 1.807) is 6.92 Å². The summed E-state index contributed by atoms with van der Waals surface area (Å²) in [7, 11) is 0. The molecule has 0 aliphatic rings. The average Bonchev–Trinajstić information content (AvgIpc) is 2.66. The van der Waals surface area contributed by atoms with Gasteiger partial charge in [-0.05, 0) is 43.0 Å². The fraction of sp³-hybridized carbons (Fsp3) is 0.364. The second kappa shape index (κ2) is 9.39. The number of unbranched alkanes of at least 4 members (excludes halogenated alkanes) is 4. The van der Waals surface area contributed by atoms with E-state index >= 15 is 0 Å². The number of amides is 2. The average molecular weight is 414 g/mol. The molecule has 0 aliphatic heterocycles. The zero-order chi connectivity index (χ0) is 22.6. The third-order valence-electron chi connectivity index (χ3n) is 5.32. The lowest BCUT2D eigenvalue weighted by molar-refractivity contribution is 0.0684. The molecule has 160 valence electrons. The van der Waals surface area contributed by atoms with Crippen LogP contribution in [0.4, 0.5) is 0 Å². The minimum atomic E-state index is -1.37. The molecular formula is C22H26N2O6. The molecule has 2 aromatic rings. The monoisotopic (exact) mass is 414 g/mol. The molecule has 2 amide bonds. The maximum absolute atomic E-state index is 12.4. The molecule has 0 aromatic heterocycles. The highest BCUT2D eigenvalue weighted by Gasteiger charge is 2.29. The Morgan fingerprint density at radius 1 is 0.800 bits per heavy atom. The van der Waals surface area contributed by atoms with Crippen LogP contribution in [-0.2, 0) is 6.42 Å². The number of aromatic carboxylic acids is 2. The first-order valence-electron chi connectivity index (χ1n) is 9.81. The maximum Gasteiger partial charge on any atom is 0.336 e. The van der Waals surface area contributed by atoms with Gasteiger partial charge in [0.05, 0.1) is 22.3 Å². The van der Waals surface area contributed by atoms with Gasteiger partial charge in [0.2, 0.25) is 11.8 Å². The molecule has 2 aromatic carbocycles. The summed E-state index contributed by atoms with van der Waals surface area (Å²) < 4.78 is 0. The van der Waals surface area contributed by atoms with E-state index in [0.29, 0.717) is 24.0 Å². The Balaban J connectivity index is 2.95. The molecule has 0 heterocycles. The fourth-order valence-electron chi connectivity index (χ4n) is 3.95. The largest absolute Gasteiger partial charge is 0.478 e. The van der Waals surface area contributed by atoms with Crippen molar-refractivity contribution < 1.29 is 29.4 Å². The van der Waals surface area contributed by atoms with Crippen LogP contribution in [0.3, 0.4) is 0 Å². The van der Waals surface area contributed by atoms with Crippen molar-refractivity contribution in [3.05, 3.63) is 45.5 Å². The third kappa shape index (κ3) is 4.27. The molecule has 2 rings (SSSR count). The quantitative estimate of drug-likeness (QED) is 0.436. The van der Waals surface area contributed by atoms with Crippen LogP contribution in [0.1, 0.15) is 91.6 Å². The molecule has 0 spiro atoms. The molecule has 0 bridgehead atoms. The summed E-state index contributed by atoms with van der Waals surface area (Å²) in [5.41, 5.74) is 11.2. The van der Waals surface area contributed by atoms with Crippen molar-refractivity contribution in [1.29, 1.82) is 0 Å². The normalized spacial score (nSPS) is 10.9. The number of hydrogen-bond donors (Lipinski definition) is 4. The second-order valence-corrected chi connectivity index (χ2v) is 7.27. The number of fused-ring (bicyclic) bond motifs is 1. The summed E-state index contributed by atoms with van der Waals surface area (Å²) >= 11 is 0. The molecule has 0 saturated carbocycles. The van der Waals surface area contributed by atoms with Crippen LogP contribution in [0, 0.1) is 6.92 Å². The Hall–Kier alpha value is -3.42. The standard InChI is InChI=1S/C22H26N2O6/c1-3-4-5-6-7-8-12-11(2)15(19(23)25)16-13(21(27)28)9-10-14(22(29)30)17(16)18(12)20(24)26/h9-10H,3-8H2,1-2H3,(H2,23,25)(H2,24,26)(H,27,28)(H,29,30). The van der Waals surface area contributed by atoms with E-state index in [4.69, 9.17) is 11.5 Å². The number of carbonyl (C=O) groups excluding carboxylic acids is 2. The van der Waals surface area contributed by atoms with Crippen LogP contribution in [0.15, 0.2) is 12.1 Å². The molecule has 0 aliphatic carbocycles. The van der Waals surface area contributed by atoms with Crippen LogP contribution in [-0.4, -0.2) is 34.0 Å². The molecule has 30 heavy (non-hydrogen) atoms. The van der Waals surface area contributed by atoms with Crippen molar-refractivity contribution in [1.82, 2.24) is 0 Å². The number of hydrogen-bond acceptors (Lipinski definition) is 4. The summed E-state index contributed by atoms with van der Waals surface area (Å²) in [6.45, 7) is 3.66. The topological polar surface area (TPSA) is 161 Å². The van der Waals surface area contributed by atoms with Crippen molar-refractivity contribution >= 4 is 34.5 Å². The van der Waals surface area contributed by atoms with Gasteiger partial charge in [-0.2, -0.15) is 0 Å². The van der Waals surface area contributed by atoms with Gasteiger partial charge in [0.15, 0.2) is 0 Å². The first kappa shape index (κ1) is 22.9. The summed E-state index contributed by atoms with van der Waals surface area (Å²) in [5.74, 6) is -4.52. The van der Waals surface area contributed by atoms with Gasteiger partial charge < -0.3 is 21.7 Å². The minimum Gasteiger partial charge on any atom is -0.478 e. The number of carbonyl (C=O) groups is 4. The van der Waals surface area contributed by atoms with E-state index in [0.717, 1.165) is 37.8 Å². The molecule has 0 radical (unpaired) electrons. The van der Waals surface area contributed by atoms with Gasteiger partial charge in [-0.15, -0.1) is 0 Å². The van der Waals surface area contributed by atoms with Gasteiger partial charge in [0, 0.05) is 10.8 Å². The Kier molecular flexibility index (Phi) is 7.15. The van der Waals surface area contributed by atoms with E-state index in [1.807, 2.05) is 0 Å². The molecule has 6 N–H and O–H groups in total.